The minimum absolute atomic E-state index is 0.105. The van der Waals surface area contributed by atoms with Crippen LogP contribution in [-0.2, 0) is 4.79 Å². The van der Waals surface area contributed by atoms with Crippen LogP contribution >= 0.6 is 0 Å². The van der Waals surface area contributed by atoms with Crippen LogP contribution in [0.15, 0.2) is 0 Å². The Labute approximate surface area is 98.6 Å². The van der Waals surface area contributed by atoms with Gasteiger partial charge in [-0.15, -0.1) is 12.3 Å². The van der Waals surface area contributed by atoms with Crippen LogP contribution in [0.4, 0.5) is 0 Å². The Hall–Kier alpha value is -1.01. The molecule has 2 N–H and O–H groups in total. The highest BCUT2D eigenvalue weighted by Gasteiger charge is 2.02. The van der Waals surface area contributed by atoms with E-state index >= 15 is 0 Å². The van der Waals surface area contributed by atoms with Gasteiger partial charge in [0.2, 0.25) is 5.91 Å². The largest absolute Gasteiger partial charge is 0.396 e. The van der Waals surface area contributed by atoms with Gasteiger partial charge in [0.25, 0.3) is 0 Å². The number of terminal acetylenes is 1. The molecule has 0 saturated heterocycles. The van der Waals surface area contributed by atoms with E-state index in [4.69, 9.17) is 11.5 Å². The van der Waals surface area contributed by atoms with Gasteiger partial charge in [0.05, 0.1) is 0 Å². The zero-order valence-electron chi connectivity index (χ0n) is 10.2. The summed E-state index contributed by atoms with van der Waals surface area (Å²) in [5.41, 5.74) is 0. The maximum Gasteiger partial charge on any atom is 0.219 e. The van der Waals surface area contributed by atoms with Crippen molar-refractivity contribution in [3.05, 3.63) is 0 Å². The number of hydrogen-bond donors (Lipinski definition) is 2. The maximum atomic E-state index is 11.3. The summed E-state index contributed by atoms with van der Waals surface area (Å²) >= 11 is 0. The molecular weight excluding hydrogens is 202 g/mol. The molecule has 0 aromatic rings. The average molecular weight is 225 g/mol. The maximum absolute atomic E-state index is 11.3. The molecule has 0 aliphatic rings. The highest BCUT2D eigenvalue weighted by atomic mass is 16.3. The Morgan fingerprint density at radius 1 is 1.44 bits per heavy atom. The van der Waals surface area contributed by atoms with E-state index in [0.29, 0.717) is 18.9 Å². The minimum atomic E-state index is 0.105. The van der Waals surface area contributed by atoms with E-state index in [-0.39, 0.29) is 12.5 Å². The summed E-state index contributed by atoms with van der Waals surface area (Å²) in [6, 6.07) is 0. The minimum Gasteiger partial charge on any atom is -0.396 e. The van der Waals surface area contributed by atoms with E-state index in [9.17, 15) is 4.79 Å². The highest BCUT2D eigenvalue weighted by molar-refractivity contribution is 5.75. The molecular formula is C13H23NO2. The fourth-order valence-electron chi connectivity index (χ4n) is 1.37. The molecule has 0 fully saturated rings. The van der Waals surface area contributed by atoms with E-state index in [1.54, 1.807) is 0 Å². The number of hydrogen-bond acceptors (Lipinski definition) is 2. The van der Waals surface area contributed by atoms with Crippen molar-refractivity contribution in [2.75, 3.05) is 13.2 Å². The van der Waals surface area contributed by atoms with E-state index < -0.39 is 0 Å². The summed E-state index contributed by atoms with van der Waals surface area (Å²) in [5, 5.41) is 11.7. The van der Waals surface area contributed by atoms with Gasteiger partial charge < -0.3 is 10.4 Å². The van der Waals surface area contributed by atoms with Gasteiger partial charge in [-0.05, 0) is 31.6 Å². The molecule has 0 aliphatic carbocycles. The summed E-state index contributed by atoms with van der Waals surface area (Å²) in [5.74, 6) is 2.99. The molecule has 1 unspecified atom stereocenters. The smallest absolute Gasteiger partial charge is 0.219 e. The number of aliphatic hydroxyl groups is 1. The van der Waals surface area contributed by atoms with Gasteiger partial charge in [-0.2, -0.15) is 0 Å². The SMILES string of the molecule is C#CCCCCC(=O)NCCCC(C)CO. The number of nitrogens with one attached hydrogen (secondary N) is 1. The highest BCUT2D eigenvalue weighted by Crippen LogP contribution is 2.03. The lowest BCUT2D eigenvalue weighted by Gasteiger charge is -2.08. The van der Waals surface area contributed by atoms with Gasteiger partial charge in [-0.25, -0.2) is 0 Å². The molecule has 0 spiro atoms. The average Bonchev–Trinajstić information content (AvgIpc) is 2.30. The molecule has 0 radical (unpaired) electrons. The topological polar surface area (TPSA) is 49.3 Å². The molecule has 0 saturated carbocycles. The number of carbonyl (C=O) groups excluding carboxylic acids is 1. The van der Waals surface area contributed by atoms with Gasteiger partial charge in [0.15, 0.2) is 0 Å². The van der Waals surface area contributed by atoms with Crippen LogP contribution in [0.25, 0.3) is 0 Å². The molecule has 16 heavy (non-hydrogen) atoms. The zero-order valence-corrected chi connectivity index (χ0v) is 10.2. The predicted octanol–water partition coefficient (Wildman–Crippen LogP) is 1.70. The standard InChI is InChI=1S/C13H23NO2/c1-3-4-5-6-9-13(16)14-10-7-8-12(2)11-15/h1,12,15H,4-11H2,2H3,(H,14,16). The Bertz CT molecular complexity index is 220. The quantitative estimate of drug-likeness (QED) is 0.463. The molecule has 3 heteroatoms. The fraction of sp³-hybridized carbons (Fsp3) is 0.769. The van der Waals surface area contributed by atoms with Gasteiger partial charge in [-0.3, -0.25) is 4.79 Å². The van der Waals surface area contributed by atoms with Crippen molar-refractivity contribution in [2.45, 2.75) is 45.4 Å². The molecule has 0 bridgehead atoms. The molecule has 0 aromatic heterocycles. The molecule has 0 aromatic carbocycles. The lowest BCUT2D eigenvalue weighted by Crippen LogP contribution is -2.24. The van der Waals surface area contributed by atoms with Crippen LogP contribution in [0, 0.1) is 18.3 Å². The van der Waals surface area contributed by atoms with Crippen molar-refractivity contribution in [3.63, 3.8) is 0 Å². The van der Waals surface area contributed by atoms with Gasteiger partial charge in [-0.1, -0.05) is 6.92 Å². The lowest BCUT2D eigenvalue weighted by molar-refractivity contribution is -0.121. The van der Waals surface area contributed by atoms with Crippen LogP contribution in [0.2, 0.25) is 0 Å². The number of aliphatic hydroxyl groups excluding tert-OH is 1. The summed E-state index contributed by atoms with van der Waals surface area (Å²) in [7, 11) is 0. The first-order chi connectivity index (χ1) is 7.70. The predicted molar refractivity (Wildman–Crippen MR) is 65.8 cm³/mol. The first-order valence-corrected chi connectivity index (χ1v) is 6.01. The van der Waals surface area contributed by atoms with Crippen molar-refractivity contribution in [2.24, 2.45) is 5.92 Å². The monoisotopic (exact) mass is 225 g/mol. The summed E-state index contributed by atoms with van der Waals surface area (Å²) in [6.07, 6.45) is 10.1. The van der Waals surface area contributed by atoms with E-state index in [2.05, 4.69) is 11.2 Å². The van der Waals surface area contributed by atoms with Crippen molar-refractivity contribution in [3.8, 4) is 12.3 Å². The molecule has 0 aliphatic heterocycles. The third-order valence-electron chi connectivity index (χ3n) is 2.48. The van der Waals surface area contributed by atoms with Gasteiger partial charge in [0.1, 0.15) is 0 Å². The molecule has 1 amide bonds. The summed E-state index contributed by atoms with van der Waals surface area (Å²) in [4.78, 5) is 11.3. The number of rotatable bonds is 9. The van der Waals surface area contributed by atoms with Crippen molar-refractivity contribution in [1.29, 1.82) is 0 Å². The molecule has 0 rings (SSSR count). The van der Waals surface area contributed by atoms with E-state index in [0.717, 1.165) is 32.1 Å². The summed E-state index contributed by atoms with van der Waals surface area (Å²) in [6.45, 7) is 2.93. The van der Waals surface area contributed by atoms with Crippen molar-refractivity contribution >= 4 is 5.91 Å². The van der Waals surface area contributed by atoms with Gasteiger partial charge in [0, 0.05) is 26.0 Å². The second-order valence-corrected chi connectivity index (χ2v) is 4.19. The summed E-state index contributed by atoms with van der Waals surface area (Å²) < 4.78 is 0. The van der Waals surface area contributed by atoms with Crippen molar-refractivity contribution < 1.29 is 9.90 Å². The Kier molecular flexibility index (Phi) is 9.84. The molecule has 3 nitrogen and oxygen atoms in total. The Morgan fingerprint density at radius 2 is 2.19 bits per heavy atom. The van der Waals surface area contributed by atoms with Crippen LogP contribution in [0.1, 0.15) is 45.4 Å². The van der Waals surface area contributed by atoms with E-state index in [1.807, 2.05) is 6.92 Å². The van der Waals surface area contributed by atoms with Crippen LogP contribution in [-0.4, -0.2) is 24.2 Å². The zero-order chi connectivity index (χ0) is 12.2. The van der Waals surface area contributed by atoms with Crippen LogP contribution in [0.3, 0.4) is 0 Å². The molecule has 0 heterocycles. The van der Waals surface area contributed by atoms with Crippen LogP contribution < -0.4 is 5.32 Å². The lowest BCUT2D eigenvalue weighted by atomic mass is 10.1. The second-order valence-electron chi connectivity index (χ2n) is 4.19. The third kappa shape index (κ3) is 9.54. The first kappa shape index (κ1) is 15.0. The molecule has 92 valence electrons. The van der Waals surface area contributed by atoms with Gasteiger partial charge >= 0.3 is 0 Å². The number of amides is 1. The third-order valence-corrected chi connectivity index (χ3v) is 2.48. The Balaban J connectivity index is 3.27. The second kappa shape index (κ2) is 10.5. The number of carbonyl (C=O) groups is 1. The number of unbranched alkanes of at least 4 members (excludes halogenated alkanes) is 2. The normalized spacial score (nSPS) is 11.8. The Morgan fingerprint density at radius 3 is 2.81 bits per heavy atom. The molecule has 1 atom stereocenters. The fourth-order valence-corrected chi connectivity index (χ4v) is 1.37. The van der Waals surface area contributed by atoms with E-state index in [1.165, 1.54) is 0 Å². The van der Waals surface area contributed by atoms with Crippen molar-refractivity contribution in [1.82, 2.24) is 5.32 Å². The van der Waals surface area contributed by atoms with Crippen LogP contribution in [0.5, 0.6) is 0 Å². The first-order valence-electron chi connectivity index (χ1n) is 6.01.